The van der Waals surface area contributed by atoms with Gasteiger partial charge in [0, 0.05) is 17.6 Å². The molecule has 94 valence electrons. The first-order valence-corrected chi connectivity index (χ1v) is 5.88. The Hall–Kier alpha value is -1.10. The highest BCUT2D eigenvalue weighted by Crippen LogP contribution is 2.18. The highest BCUT2D eigenvalue weighted by molar-refractivity contribution is 6.30. The van der Waals surface area contributed by atoms with Crippen molar-refractivity contribution in [1.29, 1.82) is 0 Å². The van der Waals surface area contributed by atoms with Crippen molar-refractivity contribution in [3.63, 3.8) is 0 Å². The molecule has 0 aliphatic heterocycles. The SMILES string of the molecule is CCC(NCC(O)C(N)=O)c1ccc(Cl)cc1. The number of rotatable bonds is 6. The molecule has 0 saturated carbocycles. The third-order valence-electron chi connectivity index (χ3n) is 2.57. The van der Waals surface area contributed by atoms with Gasteiger partial charge in [-0.05, 0) is 24.1 Å². The summed E-state index contributed by atoms with van der Waals surface area (Å²) in [4.78, 5) is 10.7. The largest absolute Gasteiger partial charge is 0.382 e. The molecule has 0 aliphatic carbocycles. The number of amides is 1. The molecule has 0 saturated heterocycles. The molecule has 4 N–H and O–H groups in total. The Morgan fingerprint density at radius 3 is 2.53 bits per heavy atom. The van der Waals surface area contributed by atoms with Crippen LogP contribution >= 0.6 is 11.6 Å². The number of carbonyl (C=O) groups is 1. The number of aliphatic hydroxyl groups excluding tert-OH is 1. The van der Waals surface area contributed by atoms with E-state index in [0.29, 0.717) is 5.02 Å². The van der Waals surface area contributed by atoms with Crippen LogP contribution in [0.5, 0.6) is 0 Å². The number of carbonyl (C=O) groups excluding carboxylic acids is 1. The lowest BCUT2D eigenvalue weighted by Crippen LogP contribution is -2.38. The number of benzene rings is 1. The van der Waals surface area contributed by atoms with Crippen LogP contribution in [0.3, 0.4) is 0 Å². The zero-order valence-electron chi connectivity index (χ0n) is 9.69. The Kier molecular flexibility index (Phi) is 5.41. The molecule has 1 amide bonds. The van der Waals surface area contributed by atoms with Gasteiger partial charge in [0.15, 0.2) is 0 Å². The second-order valence-electron chi connectivity index (χ2n) is 3.84. The molecule has 2 unspecified atom stereocenters. The van der Waals surface area contributed by atoms with Crippen molar-refractivity contribution in [2.75, 3.05) is 6.54 Å². The predicted octanol–water partition coefficient (Wildman–Crippen LogP) is 1.23. The van der Waals surface area contributed by atoms with E-state index in [2.05, 4.69) is 5.32 Å². The van der Waals surface area contributed by atoms with Crippen molar-refractivity contribution in [3.8, 4) is 0 Å². The standard InChI is InChI=1S/C12H17ClN2O2/c1-2-10(15-7-11(16)12(14)17)8-3-5-9(13)6-4-8/h3-6,10-11,15-16H,2,7H2,1H3,(H2,14,17). The summed E-state index contributed by atoms with van der Waals surface area (Å²) in [5, 5.41) is 13.1. The first kappa shape index (κ1) is 14.0. The van der Waals surface area contributed by atoms with E-state index in [1.54, 1.807) is 0 Å². The van der Waals surface area contributed by atoms with Crippen LogP contribution in [0.25, 0.3) is 0 Å². The van der Waals surface area contributed by atoms with Gasteiger partial charge in [0.25, 0.3) is 0 Å². The molecule has 1 rings (SSSR count). The van der Waals surface area contributed by atoms with Crippen LogP contribution in [0.15, 0.2) is 24.3 Å². The quantitative estimate of drug-likeness (QED) is 0.717. The summed E-state index contributed by atoms with van der Waals surface area (Å²) >= 11 is 5.81. The Morgan fingerprint density at radius 2 is 2.06 bits per heavy atom. The van der Waals surface area contributed by atoms with Gasteiger partial charge in [-0.25, -0.2) is 0 Å². The first-order chi connectivity index (χ1) is 8.04. The number of nitrogens with one attached hydrogen (secondary N) is 1. The molecule has 0 bridgehead atoms. The molecule has 0 spiro atoms. The van der Waals surface area contributed by atoms with E-state index in [0.717, 1.165) is 12.0 Å². The summed E-state index contributed by atoms with van der Waals surface area (Å²) in [6.45, 7) is 2.17. The van der Waals surface area contributed by atoms with Crippen molar-refractivity contribution < 1.29 is 9.90 Å². The number of halogens is 1. The average molecular weight is 257 g/mol. The number of primary amides is 1. The first-order valence-electron chi connectivity index (χ1n) is 5.50. The van der Waals surface area contributed by atoms with Crippen LogP contribution in [-0.2, 0) is 4.79 Å². The van der Waals surface area contributed by atoms with Gasteiger partial charge in [0.05, 0.1) is 0 Å². The maximum absolute atomic E-state index is 10.7. The maximum Gasteiger partial charge on any atom is 0.247 e. The number of hydrogen-bond donors (Lipinski definition) is 3. The van der Waals surface area contributed by atoms with Gasteiger partial charge in [-0.15, -0.1) is 0 Å². The Labute approximate surface area is 106 Å². The normalized spacial score (nSPS) is 14.3. The summed E-state index contributed by atoms with van der Waals surface area (Å²) in [6, 6.07) is 7.53. The van der Waals surface area contributed by atoms with Crippen molar-refractivity contribution in [2.45, 2.75) is 25.5 Å². The van der Waals surface area contributed by atoms with E-state index in [-0.39, 0.29) is 12.6 Å². The molecular formula is C12H17ClN2O2. The average Bonchev–Trinajstić information content (AvgIpc) is 2.31. The van der Waals surface area contributed by atoms with Gasteiger partial charge >= 0.3 is 0 Å². The monoisotopic (exact) mass is 256 g/mol. The van der Waals surface area contributed by atoms with Crippen LogP contribution in [-0.4, -0.2) is 23.7 Å². The summed E-state index contributed by atoms with van der Waals surface area (Å²) in [6.07, 6.45) is -0.316. The minimum atomic E-state index is -1.16. The third kappa shape index (κ3) is 4.34. The lowest BCUT2D eigenvalue weighted by molar-refractivity contribution is -0.125. The summed E-state index contributed by atoms with van der Waals surface area (Å²) in [5.41, 5.74) is 6.04. The summed E-state index contributed by atoms with van der Waals surface area (Å²) < 4.78 is 0. The fraction of sp³-hybridized carbons (Fsp3) is 0.417. The Morgan fingerprint density at radius 1 is 1.47 bits per heavy atom. The molecular weight excluding hydrogens is 240 g/mol. The van der Waals surface area contributed by atoms with Gasteiger partial charge in [-0.1, -0.05) is 30.7 Å². The fourth-order valence-electron chi connectivity index (χ4n) is 1.55. The highest BCUT2D eigenvalue weighted by atomic mass is 35.5. The second-order valence-corrected chi connectivity index (χ2v) is 4.28. The van der Waals surface area contributed by atoms with E-state index in [1.165, 1.54) is 0 Å². The predicted molar refractivity (Wildman–Crippen MR) is 67.7 cm³/mol. The zero-order valence-corrected chi connectivity index (χ0v) is 10.4. The van der Waals surface area contributed by atoms with Crippen molar-refractivity contribution >= 4 is 17.5 Å². The van der Waals surface area contributed by atoms with E-state index in [4.69, 9.17) is 17.3 Å². The zero-order chi connectivity index (χ0) is 12.8. The number of aliphatic hydroxyl groups is 1. The van der Waals surface area contributed by atoms with Crippen molar-refractivity contribution in [1.82, 2.24) is 5.32 Å². The van der Waals surface area contributed by atoms with Crippen LogP contribution < -0.4 is 11.1 Å². The number of hydrogen-bond acceptors (Lipinski definition) is 3. The lowest BCUT2D eigenvalue weighted by Gasteiger charge is -2.18. The van der Waals surface area contributed by atoms with Crippen LogP contribution in [0.4, 0.5) is 0 Å². The van der Waals surface area contributed by atoms with Gasteiger partial charge in [-0.3, -0.25) is 4.79 Å². The molecule has 0 aliphatic rings. The smallest absolute Gasteiger partial charge is 0.247 e. The van der Waals surface area contributed by atoms with Crippen LogP contribution in [0.2, 0.25) is 5.02 Å². The molecule has 1 aromatic rings. The van der Waals surface area contributed by atoms with E-state index in [1.807, 2.05) is 31.2 Å². The van der Waals surface area contributed by atoms with Crippen LogP contribution in [0.1, 0.15) is 24.9 Å². The molecule has 2 atom stereocenters. The van der Waals surface area contributed by atoms with Gasteiger partial charge in [0.2, 0.25) is 5.91 Å². The maximum atomic E-state index is 10.7. The molecule has 0 heterocycles. The van der Waals surface area contributed by atoms with Crippen LogP contribution in [0, 0.1) is 0 Å². The van der Waals surface area contributed by atoms with Crippen molar-refractivity contribution in [2.24, 2.45) is 5.73 Å². The highest BCUT2D eigenvalue weighted by Gasteiger charge is 2.14. The van der Waals surface area contributed by atoms with E-state index in [9.17, 15) is 9.90 Å². The topological polar surface area (TPSA) is 75.3 Å². The molecule has 5 heteroatoms. The van der Waals surface area contributed by atoms with Crippen molar-refractivity contribution in [3.05, 3.63) is 34.9 Å². The lowest BCUT2D eigenvalue weighted by atomic mass is 10.0. The molecule has 0 aromatic heterocycles. The fourth-order valence-corrected chi connectivity index (χ4v) is 1.67. The van der Waals surface area contributed by atoms with Gasteiger partial charge in [-0.2, -0.15) is 0 Å². The van der Waals surface area contributed by atoms with Gasteiger partial charge in [0.1, 0.15) is 6.10 Å². The molecule has 0 radical (unpaired) electrons. The van der Waals surface area contributed by atoms with Gasteiger partial charge < -0.3 is 16.2 Å². The minimum Gasteiger partial charge on any atom is -0.382 e. The summed E-state index contributed by atoms with van der Waals surface area (Å²) in [5.74, 6) is -0.719. The van der Waals surface area contributed by atoms with E-state index >= 15 is 0 Å². The molecule has 17 heavy (non-hydrogen) atoms. The molecule has 1 aromatic carbocycles. The summed E-state index contributed by atoms with van der Waals surface area (Å²) in [7, 11) is 0. The Bertz CT molecular complexity index is 367. The molecule has 0 fully saturated rings. The Balaban J connectivity index is 2.60. The van der Waals surface area contributed by atoms with E-state index < -0.39 is 12.0 Å². The number of nitrogens with two attached hydrogens (primary N) is 1. The molecule has 4 nitrogen and oxygen atoms in total. The third-order valence-corrected chi connectivity index (χ3v) is 2.82. The minimum absolute atomic E-state index is 0.0706. The second kappa shape index (κ2) is 6.59.